The molecule has 0 aromatic heterocycles. The first-order valence-corrected chi connectivity index (χ1v) is 14.4. The summed E-state index contributed by atoms with van der Waals surface area (Å²) in [6.07, 6.45) is 1.04. The fraction of sp³-hybridized carbons (Fsp3) is 0.636. The van der Waals surface area contributed by atoms with Crippen LogP contribution in [0.4, 0.5) is 0 Å². The third-order valence-corrected chi connectivity index (χ3v) is 7.87. The molecule has 0 amide bonds. The van der Waals surface area contributed by atoms with Crippen LogP contribution in [-0.2, 0) is 19.1 Å². The number of hydrogen-bond donors (Lipinski definition) is 1. The van der Waals surface area contributed by atoms with E-state index >= 15 is 0 Å². The summed E-state index contributed by atoms with van der Waals surface area (Å²) >= 11 is 0. The monoisotopic (exact) mass is 433 g/mol. The summed E-state index contributed by atoms with van der Waals surface area (Å²) in [5.74, 6) is -3.38. The van der Waals surface area contributed by atoms with Crippen LogP contribution in [0, 0.1) is 16.7 Å². The molecule has 0 saturated heterocycles. The van der Waals surface area contributed by atoms with E-state index in [9.17, 15) is 19.6 Å². The molecule has 1 aromatic carbocycles. The van der Waals surface area contributed by atoms with Gasteiger partial charge in [-0.15, -0.1) is 0 Å². The van der Waals surface area contributed by atoms with Gasteiger partial charge < -0.3 is 14.6 Å². The van der Waals surface area contributed by atoms with Crippen LogP contribution in [0.5, 0.6) is 5.75 Å². The number of ether oxygens (including phenoxy) is 2. The SMILES string of the molecule is CCCOC(=O)[C@H]1[C@H](C(=O)OCC[Si](C)(C)C)C2CC(N=O)[C@H]1c1cc(O)ccc12. The second-order valence-electron chi connectivity index (χ2n) is 9.55. The van der Waals surface area contributed by atoms with Gasteiger partial charge in [0.1, 0.15) is 11.8 Å². The zero-order valence-electron chi connectivity index (χ0n) is 18.1. The Morgan fingerprint density at radius 1 is 1.10 bits per heavy atom. The van der Waals surface area contributed by atoms with Crippen LogP contribution in [-0.4, -0.2) is 44.4 Å². The number of esters is 2. The number of benzene rings is 1. The number of rotatable bonds is 8. The molecule has 1 saturated carbocycles. The minimum absolute atomic E-state index is 0.0564. The maximum absolute atomic E-state index is 13.2. The molecule has 7 nitrogen and oxygen atoms in total. The van der Waals surface area contributed by atoms with Crippen LogP contribution < -0.4 is 0 Å². The number of carbonyl (C=O) groups is 2. The van der Waals surface area contributed by atoms with E-state index in [1.54, 1.807) is 18.2 Å². The highest BCUT2D eigenvalue weighted by molar-refractivity contribution is 6.76. The summed E-state index contributed by atoms with van der Waals surface area (Å²) in [5, 5.41) is 13.3. The lowest BCUT2D eigenvalue weighted by molar-refractivity contribution is -0.166. The normalized spacial score (nSPS) is 27.3. The zero-order valence-corrected chi connectivity index (χ0v) is 19.1. The fourth-order valence-electron chi connectivity index (χ4n) is 4.74. The largest absolute Gasteiger partial charge is 0.508 e. The molecule has 3 aliphatic rings. The molecule has 1 fully saturated rings. The molecule has 8 heteroatoms. The summed E-state index contributed by atoms with van der Waals surface area (Å²) in [5.41, 5.74) is 1.59. The smallest absolute Gasteiger partial charge is 0.310 e. The van der Waals surface area contributed by atoms with Crippen molar-refractivity contribution in [2.24, 2.45) is 17.0 Å². The van der Waals surface area contributed by atoms with Gasteiger partial charge in [-0.05, 0) is 42.1 Å². The Kier molecular flexibility index (Phi) is 6.64. The van der Waals surface area contributed by atoms with Crippen molar-refractivity contribution in [3.63, 3.8) is 0 Å². The number of carbonyl (C=O) groups excluding carboxylic acids is 2. The number of nitrogens with zero attached hydrogens (tertiary/aromatic N) is 1. The van der Waals surface area contributed by atoms with Gasteiger partial charge in [-0.1, -0.05) is 37.8 Å². The number of phenols is 1. The molecule has 0 heterocycles. The van der Waals surface area contributed by atoms with Crippen molar-refractivity contribution in [2.45, 2.75) is 63.3 Å². The van der Waals surface area contributed by atoms with Crippen LogP contribution >= 0.6 is 0 Å². The first-order valence-electron chi connectivity index (χ1n) is 10.7. The van der Waals surface area contributed by atoms with Crippen molar-refractivity contribution in [3.05, 3.63) is 34.2 Å². The van der Waals surface area contributed by atoms with E-state index in [1.165, 1.54) is 0 Å². The molecule has 30 heavy (non-hydrogen) atoms. The summed E-state index contributed by atoms with van der Waals surface area (Å²) in [4.78, 5) is 37.8. The molecule has 0 spiro atoms. The number of fused-ring (bicyclic) bond motifs is 2. The fourth-order valence-corrected chi connectivity index (χ4v) is 5.46. The highest BCUT2D eigenvalue weighted by atomic mass is 28.3. The lowest BCUT2D eigenvalue weighted by Gasteiger charge is -2.49. The van der Waals surface area contributed by atoms with Crippen LogP contribution in [0.2, 0.25) is 25.7 Å². The first-order chi connectivity index (χ1) is 14.2. The molecular formula is C22H31NO6Si. The summed E-state index contributed by atoms with van der Waals surface area (Å²) in [7, 11) is -1.38. The van der Waals surface area contributed by atoms with E-state index in [-0.39, 0.29) is 18.3 Å². The maximum atomic E-state index is 13.2. The van der Waals surface area contributed by atoms with Crippen molar-refractivity contribution >= 4 is 20.0 Å². The van der Waals surface area contributed by atoms with Gasteiger partial charge in [-0.25, -0.2) is 0 Å². The Morgan fingerprint density at radius 2 is 1.77 bits per heavy atom. The van der Waals surface area contributed by atoms with Gasteiger partial charge in [0, 0.05) is 19.9 Å². The molecule has 4 rings (SSSR count). The average molecular weight is 434 g/mol. The minimum Gasteiger partial charge on any atom is -0.508 e. The van der Waals surface area contributed by atoms with E-state index in [2.05, 4.69) is 24.8 Å². The molecule has 0 aliphatic heterocycles. The molecule has 164 valence electrons. The quantitative estimate of drug-likeness (QED) is 0.375. The third-order valence-electron chi connectivity index (χ3n) is 6.17. The molecule has 5 atom stereocenters. The molecule has 2 unspecified atom stereocenters. The van der Waals surface area contributed by atoms with Crippen molar-refractivity contribution in [2.75, 3.05) is 13.2 Å². The summed E-state index contributed by atoms with van der Waals surface area (Å²) < 4.78 is 11.0. The van der Waals surface area contributed by atoms with E-state index in [4.69, 9.17) is 9.47 Å². The number of phenolic OH excluding ortho intramolecular Hbond substituents is 1. The van der Waals surface area contributed by atoms with Gasteiger partial charge in [0.05, 0.1) is 25.0 Å². The van der Waals surface area contributed by atoms with Gasteiger partial charge in [0.25, 0.3) is 0 Å². The summed E-state index contributed by atoms with van der Waals surface area (Å²) in [6.45, 7) is 9.09. The standard InChI is InChI=1S/C22H31NO6Si/c1-5-8-28-22(26)20-18-15-11-13(24)6-7-14(15)16(12-17(18)23-27)19(20)21(25)29-9-10-30(2,3)4/h6-7,11,16-20,24H,5,8-10,12H2,1-4H3/t16?,17?,18-,19-,20-/m1/s1. The third kappa shape index (κ3) is 4.43. The molecule has 0 radical (unpaired) electrons. The van der Waals surface area contributed by atoms with Crippen LogP contribution in [0.3, 0.4) is 0 Å². The minimum atomic E-state index is -1.38. The highest BCUT2D eigenvalue weighted by Gasteiger charge is 2.58. The zero-order chi connectivity index (χ0) is 22.1. The Balaban J connectivity index is 1.97. The van der Waals surface area contributed by atoms with Crippen LogP contribution in [0.1, 0.15) is 42.7 Å². The maximum Gasteiger partial charge on any atom is 0.310 e. The topological polar surface area (TPSA) is 102 Å². The highest BCUT2D eigenvalue weighted by Crippen LogP contribution is 2.57. The number of aromatic hydroxyl groups is 1. The van der Waals surface area contributed by atoms with Crippen molar-refractivity contribution in [3.8, 4) is 5.75 Å². The van der Waals surface area contributed by atoms with Crippen LogP contribution in [0.15, 0.2) is 23.4 Å². The number of hydrogen-bond acceptors (Lipinski definition) is 7. The Bertz CT molecular complexity index is 820. The van der Waals surface area contributed by atoms with E-state index in [0.29, 0.717) is 25.0 Å². The molecule has 3 aliphatic carbocycles. The van der Waals surface area contributed by atoms with Gasteiger partial charge in [-0.2, -0.15) is 4.91 Å². The first kappa shape index (κ1) is 22.5. The lowest BCUT2D eigenvalue weighted by Crippen LogP contribution is -2.51. The Morgan fingerprint density at radius 3 is 2.40 bits per heavy atom. The second kappa shape index (κ2) is 8.87. The van der Waals surface area contributed by atoms with E-state index in [0.717, 1.165) is 11.6 Å². The van der Waals surface area contributed by atoms with Gasteiger partial charge in [0.2, 0.25) is 0 Å². The van der Waals surface area contributed by atoms with E-state index in [1.807, 2.05) is 6.92 Å². The molecular weight excluding hydrogens is 402 g/mol. The second-order valence-corrected chi connectivity index (χ2v) is 15.2. The Hall–Kier alpha value is -2.22. The van der Waals surface area contributed by atoms with Crippen molar-refractivity contribution in [1.29, 1.82) is 0 Å². The molecule has 2 bridgehead atoms. The molecule has 1 N–H and O–H groups in total. The number of nitroso groups, excluding NO2 is 1. The van der Waals surface area contributed by atoms with Crippen molar-refractivity contribution < 1.29 is 24.2 Å². The van der Waals surface area contributed by atoms with Gasteiger partial charge in [0.15, 0.2) is 0 Å². The summed E-state index contributed by atoms with van der Waals surface area (Å²) in [6, 6.07) is 5.12. The predicted octanol–water partition coefficient (Wildman–Crippen LogP) is 4.18. The molecule has 1 aromatic rings. The van der Waals surface area contributed by atoms with Crippen molar-refractivity contribution in [1.82, 2.24) is 0 Å². The average Bonchev–Trinajstić information content (AvgIpc) is 2.69. The van der Waals surface area contributed by atoms with Gasteiger partial charge in [-0.3, -0.25) is 9.59 Å². The lowest BCUT2D eigenvalue weighted by atomic mass is 9.54. The predicted molar refractivity (Wildman–Crippen MR) is 115 cm³/mol. The van der Waals surface area contributed by atoms with Crippen LogP contribution in [0.25, 0.3) is 0 Å². The Labute approximate surface area is 178 Å². The van der Waals surface area contributed by atoms with E-state index < -0.39 is 43.8 Å². The van der Waals surface area contributed by atoms with Gasteiger partial charge >= 0.3 is 11.9 Å².